The van der Waals surface area contributed by atoms with Crippen LogP contribution in [0.15, 0.2) is 102 Å². The zero-order chi connectivity index (χ0) is 28.3. The van der Waals surface area contributed by atoms with E-state index in [0.29, 0.717) is 31.1 Å². The highest BCUT2D eigenvalue weighted by Gasteiger charge is 2.15. The van der Waals surface area contributed by atoms with Crippen LogP contribution in [0.3, 0.4) is 0 Å². The molecule has 4 aromatic rings. The normalized spacial score (nSPS) is 11.5. The lowest BCUT2D eigenvalue weighted by atomic mass is 10.1. The van der Waals surface area contributed by atoms with Crippen LogP contribution < -0.4 is 14.8 Å². The van der Waals surface area contributed by atoms with Gasteiger partial charge in [0.05, 0.1) is 11.8 Å². The van der Waals surface area contributed by atoms with Gasteiger partial charge in [-0.2, -0.15) is 0 Å². The summed E-state index contributed by atoms with van der Waals surface area (Å²) in [5, 5.41) is 22.6. The molecule has 0 bridgehead atoms. The Labute approximate surface area is 243 Å². The van der Waals surface area contributed by atoms with Gasteiger partial charge in [-0.25, -0.2) is 4.79 Å². The number of hydrogen-bond donors (Lipinski definition) is 3. The van der Waals surface area contributed by atoms with E-state index in [-0.39, 0.29) is 13.1 Å². The van der Waals surface area contributed by atoms with Gasteiger partial charge >= 0.3 is 6.09 Å². The number of anilines is 1. The number of amides is 1. The number of halogens is 1. The summed E-state index contributed by atoms with van der Waals surface area (Å²) in [5.74, 6) is 2.02. The minimum Gasteiger partial charge on any atom is -0.489 e. The van der Waals surface area contributed by atoms with Crippen molar-refractivity contribution in [1.82, 2.24) is 4.90 Å². The van der Waals surface area contributed by atoms with Gasteiger partial charge in [-0.15, -0.1) is 0 Å². The van der Waals surface area contributed by atoms with Crippen molar-refractivity contribution in [3.63, 3.8) is 0 Å². The molecular formula is C32H33BrN2O5. The van der Waals surface area contributed by atoms with E-state index < -0.39 is 12.2 Å². The van der Waals surface area contributed by atoms with Crippen LogP contribution in [-0.4, -0.2) is 40.4 Å². The van der Waals surface area contributed by atoms with E-state index in [4.69, 9.17) is 9.47 Å². The van der Waals surface area contributed by atoms with Gasteiger partial charge < -0.3 is 29.9 Å². The van der Waals surface area contributed by atoms with Gasteiger partial charge in [0.2, 0.25) is 0 Å². The van der Waals surface area contributed by atoms with Crippen LogP contribution in [-0.2, 0) is 19.6 Å². The minimum atomic E-state index is -1.06. The van der Waals surface area contributed by atoms with Gasteiger partial charge in [-0.05, 0) is 78.6 Å². The number of hydrogen-bond acceptors (Lipinski definition) is 5. The van der Waals surface area contributed by atoms with E-state index in [9.17, 15) is 15.0 Å². The highest BCUT2D eigenvalue weighted by atomic mass is 79.9. The van der Waals surface area contributed by atoms with Crippen molar-refractivity contribution in [2.75, 3.05) is 18.4 Å². The van der Waals surface area contributed by atoms with Crippen LogP contribution in [0, 0.1) is 0 Å². The van der Waals surface area contributed by atoms with Gasteiger partial charge in [0, 0.05) is 24.1 Å². The summed E-state index contributed by atoms with van der Waals surface area (Å²) in [6.45, 7) is 2.99. The zero-order valence-corrected chi connectivity index (χ0v) is 23.9. The van der Waals surface area contributed by atoms with E-state index in [1.807, 2.05) is 97.1 Å². The fraction of sp³-hybridized carbons (Fsp3) is 0.219. The van der Waals surface area contributed by atoms with E-state index in [1.165, 1.54) is 4.90 Å². The fourth-order valence-electron chi connectivity index (χ4n) is 4.07. The molecule has 208 valence electrons. The number of carboxylic acid groups (broad SMARTS) is 1. The molecule has 0 heterocycles. The largest absolute Gasteiger partial charge is 0.489 e. The second-order valence-electron chi connectivity index (χ2n) is 9.49. The molecule has 0 saturated carbocycles. The van der Waals surface area contributed by atoms with Crippen LogP contribution in [0.25, 0.3) is 0 Å². The van der Waals surface area contributed by atoms with Gasteiger partial charge in [0.25, 0.3) is 0 Å². The number of aliphatic hydroxyl groups is 1. The molecule has 0 aromatic heterocycles. The van der Waals surface area contributed by atoms with Crippen molar-refractivity contribution in [3.05, 3.63) is 118 Å². The summed E-state index contributed by atoms with van der Waals surface area (Å²) in [6, 6.07) is 31.4. The molecule has 1 amide bonds. The molecule has 4 aromatic carbocycles. The lowest BCUT2D eigenvalue weighted by Crippen LogP contribution is -2.36. The number of nitrogens with zero attached hydrogens (tertiary/aromatic N) is 1. The highest BCUT2D eigenvalue weighted by Crippen LogP contribution is 2.32. The fourth-order valence-corrected chi connectivity index (χ4v) is 4.34. The molecule has 0 fully saturated rings. The number of aliphatic hydroxyl groups excluding tert-OH is 1. The molecule has 4 rings (SSSR count). The smallest absolute Gasteiger partial charge is 0.407 e. The maximum atomic E-state index is 11.6. The minimum absolute atomic E-state index is 0.0597. The van der Waals surface area contributed by atoms with Crippen molar-refractivity contribution >= 4 is 27.7 Å². The zero-order valence-electron chi connectivity index (χ0n) is 22.3. The molecule has 7 nitrogen and oxygen atoms in total. The van der Waals surface area contributed by atoms with Crippen molar-refractivity contribution in [3.8, 4) is 17.2 Å². The van der Waals surface area contributed by atoms with Crippen LogP contribution in [0.5, 0.6) is 17.2 Å². The summed E-state index contributed by atoms with van der Waals surface area (Å²) in [5.41, 5.74) is 3.95. The maximum absolute atomic E-state index is 11.6. The first-order valence-electron chi connectivity index (χ1n) is 13.1. The average molecular weight is 606 g/mol. The summed E-state index contributed by atoms with van der Waals surface area (Å²) in [6.07, 6.45) is -1.31. The standard InChI is InChI=1S/C32H33BrN2O5/c1-23(36)21-35(32(37)38)18-17-24-9-16-30(34-20-25-7-10-27(33)11-8-25)31(19-24)40-29-14-12-28(13-15-29)39-22-26-5-3-2-4-6-26/h2-16,19,23,34,36H,17-18,20-22H2,1H3,(H,37,38)/t23-/m0/s1. The molecule has 0 spiro atoms. The molecule has 0 saturated heterocycles. The van der Waals surface area contributed by atoms with Crippen LogP contribution >= 0.6 is 15.9 Å². The number of benzene rings is 4. The average Bonchev–Trinajstić information content (AvgIpc) is 2.95. The molecule has 3 N–H and O–H groups in total. The predicted octanol–water partition coefficient (Wildman–Crippen LogP) is 7.34. The predicted molar refractivity (Wildman–Crippen MR) is 160 cm³/mol. The third-order valence-corrected chi connectivity index (χ3v) is 6.70. The maximum Gasteiger partial charge on any atom is 0.407 e. The molecule has 1 atom stereocenters. The van der Waals surface area contributed by atoms with Crippen molar-refractivity contribution < 1.29 is 24.5 Å². The van der Waals surface area contributed by atoms with Gasteiger partial charge in [-0.1, -0.05) is 64.5 Å². The van der Waals surface area contributed by atoms with E-state index in [2.05, 4.69) is 21.2 Å². The molecule has 0 unspecified atom stereocenters. The van der Waals surface area contributed by atoms with Gasteiger partial charge in [-0.3, -0.25) is 0 Å². The second-order valence-corrected chi connectivity index (χ2v) is 10.4. The quantitative estimate of drug-likeness (QED) is 0.148. The SMILES string of the molecule is C[C@H](O)CN(CCc1ccc(NCc2ccc(Br)cc2)c(Oc2ccc(OCc3ccccc3)cc2)c1)C(=O)O. The lowest BCUT2D eigenvalue weighted by molar-refractivity contribution is 0.105. The number of nitrogens with one attached hydrogen (secondary N) is 1. The molecule has 40 heavy (non-hydrogen) atoms. The molecule has 0 aliphatic carbocycles. The monoisotopic (exact) mass is 604 g/mol. The first-order valence-corrected chi connectivity index (χ1v) is 13.9. The molecular weight excluding hydrogens is 572 g/mol. The van der Waals surface area contributed by atoms with Crippen LogP contribution in [0.4, 0.5) is 10.5 Å². The topological polar surface area (TPSA) is 91.3 Å². The second kappa shape index (κ2) is 14.4. The van der Waals surface area contributed by atoms with Gasteiger partial charge in [0.1, 0.15) is 18.1 Å². The third kappa shape index (κ3) is 9.03. The lowest BCUT2D eigenvalue weighted by Gasteiger charge is -2.21. The van der Waals surface area contributed by atoms with Crippen LogP contribution in [0.1, 0.15) is 23.6 Å². The van der Waals surface area contributed by atoms with Crippen LogP contribution in [0.2, 0.25) is 0 Å². The van der Waals surface area contributed by atoms with E-state index in [0.717, 1.165) is 32.6 Å². The Morgan fingerprint density at radius 2 is 1.57 bits per heavy atom. The molecule has 0 radical (unpaired) electrons. The van der Waals surface area contributed by atoms with E-state index >= 15 is 0 Å². The summed E-state index contributed by atoms with van der Waals surface area (Å²) >= 11 is 3.47. The summed E-state index contributed by atoms with van der Waals surface area (Å²) in [7, 11) is 0. The Morgan fingerprint density at radius 3 is 2.25 bits per heavy atom. The van der Waals surface area contributed by atoms with Crippen molar-refractivity contribution in [2.24, 2.45) is 0 Å². The Kier molecular flexibility index (Phi) is 10.4. The summed E-state index contributed by atoms with van der Waals surface area (Å²) < 4.78 is 13.2. The first kappa shape index (κ1) is 29.0. The van der Waals surface area contributed by atoms with Crippen molar-refractivity contribution in [2.45, 2.75) is 32.6 Å². The molecule has 0 aliphatic rings. The highest BCUT2D eigenvalue weighted by molar-refractivity contribution is 9.10. The van der Waals surface area contributed by atoms with Crippen molar-refractivity contribution in [1.29, 1.82) is 0 Å². The number of ether oxygens (including phenoxy) is 2. The Morgan fingerprint density at radius 1 is 0.900 bits per heavy atom. The third-order valence-electron chi connectivity index (χ3n) is 6.17. The Hall–Kier alpha value is -4.01. The van der Waals surface area contributed by atoms with Gasteiger partial charge in [0.15, 0.2) is 5.75 Å². The number of carbonyl (C=O) groups is 1. The first-order chi connectivity index (χ1) is 19.4. The summed E-state index contributed by atoms with van der Waals surface area (Å²) in [4.78, 5) is 12.8. The Bertz CT molecular complexity index is 1360. The van der Waals surface area contributed by atoms with E-state index in [1.54, 1.807) is 6.92 Å². The Balaban J connectivity index is 1.47. The number of rotatable bonds is 13. The molecule has 0 aliphatic heterocycles. The molecule has 8 heteroatoms.